The van der Waals surface area contributed by atoms with Crippen LogP contribution in [0.2, 0.25) is 0 Å². The average molecular weight is 909 g/mol. The standard InChI is InChI=1S/C46H60N12O8/c1-29(2)41-46(66)58(4)37(14-11-18-48-28-47)45(65)52-27-40(61)55-36(20-30(3)59)44(64)51-24-32-21-34(43(63)56-41)23-35(22-32)54-39(60)15-9-6-10-19-49-42(62)33-16-17-38(50-26-33)57-53-25-31-12-7-5-8-13-31/h5,7-8,12-13,16-17,21-23,25-26,28-29,36-37,41H,6,9-11,14-15,18-20,24,27H2,1-4H3,(H2,47,48)(H,49,62)(H,50,57)(H,51,64)(H,52,65)(H,54,60)(H,55,61)(H,56,63)/b53-25-/t36-,37-,41?/m0/s1. The zero-order valence-corrected chi connectivity index (χ0v) is 37.7. The molecule has 1 aromatic heterocycles. The molecule has 20 heteroatoms. The summed E-state index contributed by atoms with van der Waals surface area (Å²) < 4.78 is 0. The maximum absolute atomic E-state index is 14.0. The lowest BCUT2D eigenvalue weighted by Gasteiger charge is -2.32. The fraction of sp³-hybridized carbons (Fsp3) is 0.413. The van der Waals surface area contributed by atoms with Crippen molar-refractivity contribution in [3.8, 4) is 0 Å². The van der Waals surface area contributed by atoms with Crippen LogP contribution < -0.4 is 43.1 Å². The number of pyridine rings is 1. The number of nitrogens with one attached hydrogen (secondary N) is 7. The Kier molecular flexibility index (Phi) is 20.4. The quantitative estimate of drug-likeness (QED) is 0.0396. The van der Waals surface area contributed by atoms with Crippen LogP contribution in [-0.2, 0) is 35.3 Å². The number of ketones is 1. The Bertz CT molecular complexity index is 2230. The molecule has 0 fully saturated rings. The normalized spacial score (nSPS) is 17.6. The van der Waals surface area contributed by atoms with Gasteiger partial charge in [-0.25, -0.2) is 4.98 Å². The molecule has 9 N–H and O–H groups in total. The number of carbonyl (C=O) groups is 8. The van der Waals surface area contributed by atoms with Gasteiger partial charge in [0.25, 0.3) is 11.8 Å². The molecule has 3 aromatic rings. The van der Waals surface area contributed by atoms with Crippen LogP contribution in [0.3, 0.4) is 0 Å². The number of hydrogen-bond donors (Lipinski definition) is 8. The number of unbranched alkanes of at least 4 members (excludes halogenated alkanes) is 2. The van der Waals surface area contributed by atoms with Gasteiger partial charge in [0.2, 0.25) is 29.5 Å². The third-order valence-corrected chi connectivity index (χ3v) is 10.4. The zero-order valence-electron chi connectivity index (χ0n) is 37.7. The molecule has 1 aliphatic heterocycles. The van der Waals surface area contributed by atoms with E-state index >= 15 is 0 Å². The van der Waals surface area contributed by atoms with Gasteiger partial charge in [-0.1, -0.05) is 50.6 Å². The van der Waals surface area contributed by atoms with Crippen molar-refractivity contribution in [1.82, 2.24) is 36.5 Å². The Morgan fingerprint density at radius 2 is 1.68 bits per heavy atom. The number of carbonyl (C=O) groups excluding carboxylic acids is 8. The summed E-state index contributed by atoms with van der Waals surface area (Å²) in [6, 6.07) is 13.9. The summed E-state index contributed by atoms with van der Waals surface area (Å²) in [4.78, 5) is 115. The van der Waals surface area contributed by atoms with E-state index < -0.39 is 60.1 Å². The molecule has 7 amide bonds. The van der Waals surface area contributed by atoms with Crippen molar-refractivity contribution < 1.29 is 38.4 Å². The highest BCUT2D eigenvalue weighted by Gasteiger charge is 2.34. The number of amides is 7. The molecule has 2 bridgehead atoms. The summed E-state index contributed by atoms with van der Waals surface area (Å²) in [7, 11) is 1.43. The van der Waals surface area contributed by atoms with Crippen LogP contribution in [0, 0.1) is 5.92 Å². The third kappa shape index (κ3) is 16.9. The van der Waals surface area contributed by atoms with E-state index in [1.54, 1.807) is 38.3 Å². The van der Waals surface area contributed by atoms with Crippen LogP contribution in [0.15, 0.2) is 77.0 Å². The summed E-state index contributed by atoms with van der Waals surface area (Å²) >= 11 is 0. The number of Topliss-reactive ketones (excluding diaryl/α,β-unsaturated/α-hetero) is 1. The number of aliphatic imine (C=N–C) groups is 1. The fourth-order valence-electron chi connectivity index (χ4n) is 6.82. The average Bonchev–Trinajstić information content (AvgIpc) is 3.29. The lowest BCUT2D eigenvalue weighted by molar-refractivity contribution is -0.141. The van der Waals surface area contributed by atoms with Gasteiger partial charge in [-0.15, -0.1) is 0 Å². The maximum Gasteiger partial charge on any atom is 0.252 e. The van der Waals surface area contributed by atoms with Gasteiger partial charge in [-0.05, 0) is 80.0 Å². The number of nitrogens with two attached hydrogens (primary N) is 1. The highest BCUT2D eigenvalue weighted by Crippen LogP contribution is 2.19. The Morgan fingerprint density at radius 1 is 0.924 bits per heavy atom. The zero-order chi connectivity index (χ0) is 48.0. The monoisotopic (exact) mass is 908 g/mol. The SMILES string of the molecule is CC(=O)C[C@@H]1NC(=O)CNC(=O)[C@H](CCCN=CN)N(C)C(=O)C(C(C)C)NC(=O)c2cc(cc(NC(=O)CCCCCNC(=O)c3ccc(N/N=C\c4ccccc4)nc3)c2)CNC1=O. The first kappa shape index (κ1) is 51.1. The molecule has 0 spiro atoms. The third-order valence-electron chi connectivity index (χ3n) is 10.4. The smallest absolute Gasteiger partial charge is 0.252 e. The summed E-state index contributed by atoms with van der Waals surface area (Å²) in [5.41, 5.74) is 10.2. The van der Waals surface area contributed by atoms with E-state index in [0.717, 1.165) is 11.9 Å². The Labute approximate surface area is 383 Å². The molecule has 20 nitrogen and oxygen atoms in total. The minimum atomic E-state index is -1.29. The molecule has 1 unspecified atom stereocenters. The van der Waals surface area contributed by atoms with Crippen LogP contribution in [0.5, 0.6) is 0 Å². The summed E-state index contributed by atoms with van der Waals surface area (Å²) in [5, 5.41) is 20.3. The number of anilines is 2. The molecule has 0 radical (unpaired) electrons. The van der Waals surface area contributed by atoms with Crippen molar-refractivity contribution in [1.29, 1.82) is 0 Å². The second kappa shape index (κ2) is 26.3. The number of aromatic nitrogens is 1. The number of rotatable bonds is 18. The minimum Gasteiger partial charge on any atom is -0.390 e. The molecule has 3 atom stereocenters. The van der Waals surface area contributed by atoms with Crippen LogP contribution in [-0.4, -0.2) is 114 Å². The number of benzene rings is 2. The van der Waals surface area contributed by atoms with E-state index in [0.29, 0.717) is 49.2 Å². The van der Waals surface area contributed by atoms with E-state index in [-0.39, 0.29) is 61.2 Å². The van der Waals surface area contributed by atoms with Gasteiger partial charge in [0.15, 0.2) is 0 Å². The molecule has 1 aliphatic rings. The molecule has 4 rings (SSSR count). The lowest BCUT2D eigenvalue weighted by Crippen LogP contribution is -2.57. The molecule has 0 saturated carbocycles. The van der Waals surface area contributed by atoms with E-state index in [4.69, 9.17) is 5.73 Å². The summed E-state index contributed by atoms with van der Waals surface area (Å²) in [5.74, 6) is -4.29. The topological polar surface area (TPSA) is 288 Å². The first-order valence-corrected chi connectivity index (χ1v) is 21.8. The van der Waals surface area contributed by atoms with E-state index in [1.807, 2.05) is 30.3 Å². The Hall–Kier alpha value is -7.51. The van der Waals surface area contributed by atoms with Crippen molar-refractivity contribution in [2.75, 3.05) is 37.4 Å². The van der Waals surface area contributed by atoms with Gasteiger partial charge >= 0.3 is 0 Å². The predicted molar refractivity (Wildman–Crippen MR) is 249 cm³/mol. The highest BCUT2D eigenvalue weighted by molar-refractivity contribution is 6.01. The maximum atomic E-state index is 14.0. The van der Waals surface area contributed by atoms with E-state index in [9.17, 15) is 38.4 Å². The molecule has 66 heavy (non-hydrogen) atoms. The van der Waals surface area contributed by atoms with Crippen molar-refractivity contribution in [3.63, 3.8) is 0 Å². The lowest BCUT2D eigenvalue weighted by atomic mass is 9.99. The molecular formula is C46H60N12O8. The molecular weight excluding hydrogens is 849 g/mol. The van der Waals surface area contributed by atoms with Crippen LogP contribution >= 0.6 is 0 Å². The van der Waals surface area contributed by atoms with Gasteiger partial charge in [0, 0.05) is 57.0 Å². The van der Waals surface area contributed by atoms with Gasteiger partial charge < -0.3 is 42.5 Å². The first-order chi connectivity index (χ1) is 31.6. The molecule has 352 valence electrons. The van der Waals surface area contributed by atoms with Crippen LogP contribution in [0.25, 0.3) is 0 Å². The Morgan fingerprint density at radius 3 is 2.38 bits per heavy atom. The van der Waals surface area contributed by atoms with Crippen molar-refractivity contribution in [2.24, 2.45) is 21.7 Å². The van der Waals surface area contributed by atoms with Crippen molar-refractivity contribution >= 4 is 71.2 Å². The second-order valence-corrected chi connectivity index (χ2v) is 16.1. The van der Waals surface area contributed by atoms with Gasteiger partial charge in [0.1, 0.15) is 29.7 Å². The number of hydrazone groups is 1. The summed E-state index contributed by atoms with van der Waals surface area (Å²) in [6.45, 7) is 4.66. The molecule has 2 heterocycles. The van der Waals surface area contributed by atoms with Crippen molar-refractivity contribution in [3.05, 3.63) is 89.1 Å². The van der Waals surface area contributed by atoms with Gasteiger partial charge in [-0.3, -0.25) is 48.8 Å². The number of likely N-dealkylation sites (N-methyl/N-ethyl adjacent to an activating group) is 1. The second-order valence-electron chi connectivity index (χ2n) is 16.1. The van der Waals surface area contributed by atoms with Crippen LogP contribution in [0.4, 0.5) is 11.5 Å². The Balaban J connectivity index is 1.41. The summed E-state index contributed by atoms with van der Waals surface area (Å²) in [6.07, 6.45) is 6.23. The first-order valence-electron chi connectivity index (χ1n) is 21.8. The largest absolute Gasteiger partial charge is 0.390 e. The number of nitrogens with zero attached hydrogens (tertiary/aromatic N) is 4. The van der Waals surface area contributed by atoms with E-state index in [2.05, 4.69) is 52.4 Å². The highest BCUT2D eigenvalue weighted by atomic mass is 16.2. The van der Waals surface area contributed by atoms with Gasteiger partial charge in [0.05, 0.1) is 24.7 Å². The molecule has 0 saturated heterocycles. The predicted octanol–water partition coefficient (Wildman–Crippen LogP) is 2.02. The van der Waals surface area contributed by atoms with Crippen molar-refractivity contribution in [2.45, 2.75) is 90.4 Å². The van der Waals surface area contributed by atoms with Gasteiger partial charge in [-0.2, -0.15) is 5.10 Å². The molecule has 2 aromatic carbocycles. The van der Waals surface area contributed by atoms with E-state index in [1.165, 1.54) is 37.2 Å². The minimum absolute atomic E-state index is 0.0650. The molecule has 0 aliphatic carbocycles. The fourth-order valence-corrected chi connectivity index (χ4v) is 6.82. The number of hydrogen-bond acceptors (Lipinski definition) is 12. The van der Waals surface area contributed by atoms with Crippen LogP contribution in [0.1, 0.15) is 97.6 Å². The number of fused-ring (bicyclic) bond motifs is 2.